The van der Waals surface area contributed by atoms with Gasteiger partial charge in [-0.1, -0.05) is 24.1 Å². The maximum atomic E-state index is 9.87. The number of hydrogen-bond donors (Lipinski definition) is 1. The van der Waals surface area contributed by atoms with Crippen molar-refractivity contribution < 1.29 is 5.11 Å². The molecule has 17 heavy (non-hydrogen) atoms. The van der Waals surface area contributed by atoms with Crippen molar-refractivity contribution in [1.82, 2.24) is 0 Å². The van der Waals surface area contributed by atoms with Gasteiger partial charge in [0, 0.05) is 25.2 Å². The molecule has 1 aromatic carbocycles. The second-order valence-corrected chi connectivity index (χ2v) is 5.43. The van der Waals surface area contributed by atoms with Gasteiger partial charge in [0.25, 0.3) is 0 Å². The summed E-state index contributed by atoms with van der Waals surface area (Å²) in [6.45, 7) is 5.24. The van der Waals surface area contributed by atoms with E-state index in [1.54, 1.807) is 0 Å². The molecule has 0 bridgehead atoms. The second kappa shape index (κ2) is 5.09. The molecule has 2 heteroatoms. The number of hydrogen-bond acceptors (Lipinski definition) is 2. The van der Waals surface area contributed by atoms with Crippen LogP contribution in [-0.4, -0.2) is 24.8 Å². The summed E-state index contributed by atoms with van der Waals surface area (Å²) in [6, 6.07) is 6.56. The number of nitrogens with zero attached hydrogens (tertiary/aromatic N) is 1. The Balaban J connectivity index is 2.06. The van der Waals surface area contributed by atoms with E-state index in [4.69, 9.17) is 0 Å². The molecule has 0 saturated heterocycles. The Hall–Kier alpha value is -1.02. The number of rotatable bonds is 3. The van der Waals surface area contributed by atoms with Crippen LogP contribution in [0.25, 0.3) is 0 Å². The molecule has 2 rings (SSSR count). The topological polar surface area (TPSA) is 23.5 Å². The Bertz CT molecular complexity index is 389. The van der Waals surface area contributed by atoms with Gasteiger partial charge in [-0.25, -0.2) is 0 Å². The van der Waals surface area contributed by atoms with Gasteiger partial charge in [-0.3, -0.25) is 0 Å². The van der Waals surface area contributed by atoms with Gasteiger partial charge >= 0.3 is 0 Å². The molecule has 1 fully saturated rings. The maximum Gasteiger partial charge on any atom is 0.0585 e. The van der Waals surface area contributed by atoms with Gasteiger partial charge in [0.2, 0.25) is 0 Å². The molecule has 0 amide bonds. The number of anilines is 1. The molecule has 2 unspecified atom stereocenters. The molecule has 94 valence electrons. The van der Waals surface area contributed by atoms with Crippen LogP contribution in [0.4, 0.5) is 5.69 Å². The Labute approximate surface area is 104 Å². The molecule has 1 saturated carbocycles. The van der Waals surface area contributed by atoms with Crippen LogP contribution >= 0.6 is 0 Å². The summed E-state index contributed by atoms with van der Waals surface area (Å²) in [6.07, 6.45) is 3.22. The molecule has 0 aromatic heterocycles. The minimum atomic E-state index is -0.0943. The summed E-state index contributed by atoms with van der Waals surface area (Å²) in [4.78, 5) is 2.29. The Morgan fingerprint density at radius 1 is 1.29 bits per heavy atom. The number of aliphatic hydroxyl groups excluding tert-OH is 1. The van der Waals surface area contributed by atoms with Gasteiger partial charge in [0.05, 0.1) is 6.10 Å². The minimum absolute atomic E-state index is 0.0943. The van der Waals surface area contributed by atoms with Crippen LogP contribution in [0.15, 0.2) is 18.2 Å². The van der Waals surface area contributed by atoms with E-state index in [9.17, 15) is 5.11 Å². The Morgan fingerprint density at radius 2 is 2.06 bits per heavy atom. The predicted molar refractivity (Wildman–Crippen MR) is 72.5 cm³/mol. The van der Waals surface area contributed by atoms with E-state index < -0.39 is 0 Å². The van der Waals surface area contributed by atoms with Gasteiger partial charge in [-0.15, -0.1) is 0 Å². The number of benzene rings is 1. The van der Waals surface area contributed by atoms with Crippen molar-refractivity contribution in [2.75, 3.05) is 18.5 Å². The van der Waals surface area contributed by atoms with Gasteiger partial charge in [-0.2, -0.15) is 0 Å². The first-order chi connectivity index (χ1) is 8.08. The van der Waals surface area contributed by atoms with Crippen molar-refractivity contribution in [1.29, 1.82) is 0 Å². The highest BCUT2D eigenvalue weighted by atomic mass is 16.3. The van der Waals surface area contributed by atoms with Crippen molar-refractivity contribution in [2.45, 2.75) is 39.2 Å². The lowest BCUT2D eigenvalue weighted by atomic mass is 10.0. The third-order valence-electron chi connectivity index (χ3n) is 3.89. The van der Waals surface area contributed by atoms with Crippen LogP contribution in [0.2, 0.25) is 0 Å². The van der Waals surface area contributed by atoms with E-state index in [0.29, 0.717) is 5.92 Å². The average Bonchev–Trinajstić information content (AvgIpc) is 2.64. The Kier molecular flexibility index (Phi) is 3.72. The van der Waals surface area contributed by atoms with Crippen LogP contribution in [0.1, 0.15) is 30.4 Å². The fourth-order valence-corrected chi connectivity index (χ4v) is 2.91. The quantitative estimate of drug-likeness (QED) is 0.867. The van der Waals surface area contributed by atoms with Crippen molar-refractivity contribution in [3.8, 4) is 0 Å². The van der Waals surface area contributed by atoms with E-state index in [0.717, 1.165) is 19.4 Å². The minimum Gasteiger partial charge on any atom is -0.393 e. The van der Waals surface area contributed by atoms with Crippen LogP contribution in [0.3, 0.4) is 0 Å². The fourth-order valence-electron chi connectivity index (χ4n) is 2.91. The highest BCUT2D eigenvalue weighted by Crippen LogP contribution is 2.28. The summed E-state index contributed by atoms with van der Waals surface area (Å²) in [5.74, 6) is 0.445. The summed E-state index contributed by atoms with van der Waals surface area (Å²) < 4.78 is 0. The molecular formula is C15H23NO. The molecule has 1 aromatic rings. The zero-order valence-corrected chi connectivity index (χ0v) is 11.1. The molecule has 0 heterocycles. The number of aryl methyl sites for hydroxylation is 2. The second-order valence-electron chi connectivity index (χ2n) is 5.43. The lowest BCUT2D eigenvalue weighted by Crippen LogP contribution is -2.30. The predicted octanol–water partition coefficient (Wildman–Crippen LogP) is 2.90. The smallest absolute Gasteiger partial charge is 0.0585 e. The first-order valence-electron chi connectivity index (χ1n) is 6.54. The zero-order valence-electron chi connectivity index (χ0n) is 11.1. The highest BCUT2D eigenvalue weighted by Gasteiger charge is 2.26. The van der Waals surface area contributed by atoms with Crippen LogP contribution in [0, 0.1) is 19.8 Å². The maximum absolute atomic E-state index is 9.87. The summed E-state index contributed by atoms with van der Waals surface area (Å²) in [5, 5.41) is 9.87. The van der Waals surface area contributed by atoms with Crippen LogP contribution in [0.5, 0.6) is 0 Å². The lowest BCUT2D eigenvalue weighted by Gasteiger charge is -2.26. The third-order valence-corrected chi connectivity index (χ3v) is 3.89. The van der Waals surface area contributed by atoms with Gasteiger partial charge in [-0.05, 0) is 38.3 Å². The van der Waals surface area contributed by atoms with Crippen molar-refractivity contribution in [3.05, 3.63) is 29.3 Å². The molecule has 1 N–H and O–H groups in total. The standard InChI is InChI=1S/C15H23NO/c1-11-7-8-14(12(2)9-11)16(3)10-13-5-4-6-15(13)17/h7-9,13,15,17H,4-6,10H2,1-3H3. The molecular weight excluding hydrogens is 210 g/mol. The zero-order chi connectivity index (χ0) is 12.4. The first kappa shape index (κ1) is 12.4. The summed E-state index contributed by atoms with van der Waals surface area (Å²) in [5.41, 5.74) is 3.91. The van der Waals surface area contributed by atoms with Crippen molar-refractivity contribution in [3.63, 3.8) is 0 Å². The SMILES string of the molecule is Cc1ccc(N(C)CC2CCCC2O)c(C)c1. The lowest BCUT2D eigenvalue weighted by molar-refractivity contribution is 0.136. The highest BCUT2D eigenvalue weighted by molar-refractivity contribution is 5.53. The molecule has 1 aliphatic rings. The monoisotopic (exact) mass is 233 g/mol. The van der Waals surface area contributed by atoms with E-state index in [1.165, 1.54) is 23.2 Å². The van der Waals surface area contributed by atoms with E-state index in [2.05, 4.69) is 44.0 Å². The van der Waals surface area contributed by atoms with E-state index in [-0.39, 0.29) is 6.10 Å². The van der Waals surface area contributed by atoms with Crippen LogP contribution in [-0.2, 0) is 0 Å². The molecule has 1 aliphatic carbocycles. The fraction of sp³-hybridized carbons (Fsp3) is 0.600. The van der Waals surface area contributed by atoms with E-state index in [1.807, 2.05) is 0 Å². The number of aliphatic hydroxyl groups is 1. The first-order valence-corrected chi connectivity index (χ1v) is 6.54. The molecule has 0 aliphatic heterocycles. The third kappa shape index (κ3) is 2.81. The molecule has 2 atom stereocenters. The Morgan fingerprint density at radius 3 is 2.65 bits per heavy atom. The largest absolute Gasteiger partial charge is 0.393 e. The van der Waals surface area contributed by atoms with Crippen molar-refractivity contribution >= 4 is 5.69 Å². The van der Waals surface area contributed by atoms with Crippen molar-refractivity contribution in [2.24, 2.45) is 5.92 Å². The summed E-state index contributed by atoms with van der Waals surface area (Å²) >= 11 is 0. The molecule has 2 nitrogen and oxygen atoms in total. The van der Waals surface area contributed by atoms with Crippen LogP contribution < -0.4 is 4.90 Å². The normalized spacial score (nSPS) is 24.0. The van der Waals surface area contributed by atoms with Gasteiger partial charge in [0.15, 0.2) is 0 Å². The van der Waals surface area contributed by atoms with E-state index >= 15 is 0 Å². The van der Waals surface area contributed by atoms with Gasteiger partial charge < -0.3 is 10.0 Å². The average molecular weight is 233 g/mol. The van der Waals surface area contributed by atoms with Gasteiger partial charge in [0.1, 0.15) is 0 Å². The molecule has 0 radical (unpaired) electrons. The summed E-state index contributed by atoms with van der Waals surface area (Å²) in [7, 11) is 2.13. The molecule has 0 spiro atoms.